The molecule has 0 saturated heterocycles. The van der Waals surface area contributed by atoms with E-state index in [-0.39, 0.29) is 34.3 Å². The first kappa shape index (κ1) is 17.9. The van der Waals surface area contributed by atoms with Gasteiger partial charge in [-0.1, -0.05) is 11.6 Å². The standard InChI is InChI=1S/C16H18ClN3O4S/c1-24-14-6-4-12(17)10-15(14)25(22,23)18-8-9-20-16(21)7-5-13(19-20)11-2-3-11/h4-7,10-11,18H,2-3,8-9H2,1H3. The molecule has 0 atom stereocenters. The number of halogens is 1. The van der Waals surface area contributed by atoms with E-state index in [1.165, 1.54) is 30.0 Å². The number of hydrogen-bond acceptors (Lipinski definition) is 5. The van der Waals surface area contributed by atoms with Crippen molar-refractivity contribution in [2.45, 2.75) is 30.2 Å². The summed E-state index contributed by atoms with van der Waals surface area (Å²) in [6.07, 6.45) is 2.15. The Kier molecular flexibility index (Phi) is 5.12. The van der Waals surface area contributed by atoms with Crippen molar-refractivity contribution in [1.82, 2.24) is 14.5 Å². The molecule has 25 heavy (non-hydrogen) atoms. The van der Waals surface area contributed by atoms with Crippen LogP contribution in [0.4, 0.5) is 0 Å². The van der Waals surface area contributed by atoms with Crippen molar-refractivity contribution in [2.24, 2.45) is 0 Å². The Morgan fingerprint density at radius 1 is 1.32 bits per heavy atom. The molecule has 1 aromatic heterocycles. The van der Waals surface area contributed by atoms with Gasteiger partial charge in [0.15, 0.2) is 0 Å². The number of hydrogen-bond donors (Lipinski definition) is 1. The van der Waals surface area contributed by atoms with Crippen LogP contribution in [-0.2, 0) is 16.6 Å². The van der Waals surface area contributed by atoms with Crippen LogP contribution in [0.1, 0.15) is 24.5 Å². The minimum atomic E-state index is -3.83. The Balaban J connectivity index is 1.72. The monoisotopic (exact) mass is 383 g/mol. The summed E-state index contributed by atoms with van der Waals surface area (Å²) in [5.41, 5.74) is 0.614. The van der Waals surface area contributed by atoms with E-state index in [2.05, 4.69) is 9.82 Å². The minimum absolute atomic E-state index is 0.0268. The van der Waals surface area contributed by atoms with Crippen LogP contribution < -0.4 is 15.0 Å². The van der Waals surface area contributed by atoms with Gasteiger partial charge < -0.3 is 4.74 Å². The Morgan fingerprint density at radius 3 is 2.76 bits per heavy atom. The normalized spacial score (nSPS) is 14.5. The smallest absolute Gasteiger partial charge is 0.266 e. The number of methoxy groups -OCH3 is 1. The fourth-order valence-corrected chi connectivity index (χ4v) is 3.90. The molecule has 2 aromatic rings. The second kappa shape index (κ2) is 7.15. The van der Waals surface area contributed by atoms with Crippen LogP contribution in [0.5, 0.6) is 5.75 Å². The molecule has 1 aliphatic carbocycles. The summed E-state index contributed by atoms with van der Waals surface area (Å²) in [7, 11) is -2.44. The molecule has 1 heterocycles. The van der Waals surface area contributed by atoms with Gasteiger partial charge in [-0.25, -0.2) is 17.8 Å². The molecule has 1 saturated carbocycles. The van der Waals surface area contributed by atoms with Gasteiger partial charge in [-0.2, -0.15) is 5.10 Å². The third kappa shape index (κ3) is 4.20. The lowest BCUT2D eigenvalue weighted by Gasteiger charge is -2.12. The predicted molar refractivity (Wildman–Crippen MR) is 93.7 cm³/mol. The molecule has 7 nitrogen and oxygen atoms in total. The SMILES string of the molecule is COc1ccc(Cl)cc1S(=O)(=O)NCCn1nc(C2CC2)ccc1=O. The summed E-state index contributed by atoms with van der Waals surface area (Å²) >= 11 is 5.88. The zero-order valence-electron chi connectivity index (χ0n) is 13.6. The third-order valence-corrected chi connectivity index (χ3v) is 5.63. The van der Waals surface area contributed by atoms with Crippen molar-refractivity contribution < 1.29 is 13.2 Å². The molecule has 1 aliphatic rings. The van der Waals surface area contributed by atoms with Crippen LogP contribution in [0.2, 0.25) is 5.02 Å². The lowest BCUT2D eigenvalue weighted by Crippen LogP contribution is -2.32. The number of ether oxygens (including phenoxy) is 1. The zero-order chi connectivity index (χ0) is 18.0. The fourth-order valence-electron chi connectivity index (χ4n) is 2.45. The largest absolute Gasteiger partial charge is 0.495 e. The van der Waals surface area contributed by atoms with Crippen LogP contribution in [0.3, 0.4) is 0 Å². The zero-order valence-corrected chi connectivity index (χ0v) is 15.2. The Hall–Kier alpha value is -1.90. The third-order valence-electron chi connectivity index (χ3n) is 3.91. The summed E-state index contributed by atoms with van der Waals surface area (Å²) in [6.45, 7) is 0.167. The van der Waals surface area contributed by atoms with E-state index < -0.39 is 10.0 Å². The van der Waals surface area contributed by atoms with E-state index in [9.17, 15) is 13.2 Å². The predicted octanol–water partition coefficient (Wildman–Crippen LogP) is 1.76. The Morgan fingerprint density at radius 2 is 2.08 bits per heavy atom. The average molecular weight is 384 g/mol. The Labute approximate surface area is 150 Å². The van der Waals surface area contributed by atoms with Gasteiger partial charge >= 0.3 is 0 Å². The molecule has 0 amide bonds. The Bertz CT molecular complexity index is 939. The second-order valence-corrected chi connectivity index (χ2v) is 7.96. The van der Waals surface area contributed by atoms with Crippen LogP contribution in [0.15, 0.2) is 40.0 Å². The molecule has 134 valence electrons. The highest BCUT2D eigenvalue weighted by Gasteiger charge is 2.25. The molecule has 0 radical (unpaired) electrons. The highest BCUT2D eigenvalue weighted by atomic mass is 35.5. The second-order valence-electron chi connectivity index (χ2n) is 5.79. The quantitative estimate of drug-likeness (QED) is 0.786. The van der Waals surface area contributed by atoms with E-state index in [4.69, 9.17) is 16.3 Å². The first-order valence-electron chi connectivity index (χ1n) is 7.82. The van der Waals surface area contributed by atoms with E-state index in [1.54, 1.807) is 12.1 Å². The molecule has 1 aromatic carbocycles. The maximum Gasteiger partial charge on any atom is 0.266 e. The van der Waals surface area contributed by atoms with Crippen LogP contribution in [0.25, 0.3) is 0 Å². The highest BCUT2D eigenvalue weighted by molar-refractivity contribution is 7.89. The molecule has 9 heteroatoms. The van der Waals surface area contributed by atoms with Crippen LogP contribution in [0, 0.1) is 0 Å². The summed E-state index contributed by atoms with van der Waals surface area (Å²) in [4.78, 5) is 11.8. The van der Waals surface area contributed by atoms with Gasteiger partial charge in [-0.15, -0.1) is 0 Å². The van der Waals surface area contributed by atoms with Gasteiger partial charge in [0.25, 0.3) is 5.56 Å². The molecule has 1 N–H and O–H groups in total. The summed E-state index contributed by atoms with van der Waals surface area (Å²) in [5.74, 6) is 0.613. The van der Waals surface area contributed by atoms with Gasteiger partial charge in [0.05, 0.1) is 19.3 Å². The highest BCUT2D eigenvalue weighted by Crippen LogP contribution is 2.38. The summed E-state index contributed by atoms with van der Waals surface area (Å²) in [6, 6.07) is 7.56. The number of sulfonamides is 1. The van der Waals surface area contributed by atoms with Crippen molar-refractivity contribution in [3.05, 3.63) is 51.4 Å². The minimum Gasteiger partial charge on any atom is -0.495 e. The van der Waals surface area contributed by atoms with Crippen LogP contribution >= 0.6 is 11.6 Å². The molecule has 0 unspecified atom stereocenters. The van der Waals surface area contributed by atoms with E-state index in [1.807, 2.05) is 0 Å². The molecule has 1 fully saturated rings. The summed E-state index contributed by atoms with van der Waals surface area (Å²) in [5, 5.41) is 4.59. The molecule has 3 rings (SSSR count). The number of rotatable bonds is 7. The van der Waals surface area contributed by atoms with E-state index in [0.29, 0.717) is 5.92 Å². The van der Waals surface area contributed by atoms with Crippen LogP contribution in [-0.4, -0.2) is 31.9 Å². The molecule has 0 bridgehead atoms. The van der Waals surface area contributed by atoms with Gasteiger partial charge in [0.1, 0.15) is 10.6 Å². The van der Waals surface area contributed by atoms with Crippen molar-refractivity contribution in [2.75, 3.05) is 13.7 Å². The van der Waals surface area contributed by atoms with Gasteiger partial charge in [-0.05, 0) is 37.1 Å². The van der Waals surface area contributed by atoms with E-state index in [0.717, 1.165) is 18.5 Å². The maximum atomic E-state index is 12.5. The first-order valence-corrected chi connectivity index (χ1v) is 9.68. The number of benzene rings is 1. The lowest BCUT2D eigenvalue weighted by molar-refractivity contribution is 0.402. The maximum absolute atomic E-state index is 12.5. The first-order chi connectivity index (χ1) is 11.9. The fraction of sp³-hybridized carbons (Fsp3) is 0.375. The number of nitrogens with one attached hydrogen (secondary N) is 1. The average Bonchev–Trinajstić information content (AvgIpc) is 3.41. The van der Waals surface area contributed by atoms with Crippen molar-refractivity contribution in [1.29, 1.82) is 0 Å². The topological polar surface area (TPSA) is 90.3 Å². The van der Waals surface area contributed by atoms with Crippen molar-refractivity contribution in [3.8, 4) is 5.75 Å². The number of nitrogens with zero attached hydrogens (tertiary/aromatic N) is 2. The number of aromatic nitrogens is 2. The van der Waals surface area contributed by atoms with Crippen molar-refractivity contribution >= 4 is 21.6 Å². The van der Waals surface area contributed by atoms with Gasteiger partial charge in [-0.3, -0.25) is 4.79 Å². The van der Waals surface area contributed by atoms with Gasteiger partial charge in [0, 0.05) is 23.6 Å². The molecule has 0 spiro atoms. The van der Waals surface area contributed by atoms with Crippen molar-refractivity contribution in [3.63, 3.8) is 0 Å². The van der Waals surface area contributed by atoms with Gasteiger partial charge in [0.2, 0.25) is 10.0 Å². The summed E-state index contributed by atoms with van der Waals surface area (Å²) < 4.78 is 33.7. The molecule has 0 aliphatic heterocycles. The molecular formula is C16H18ClN3O4S. The van der Waals surface area contributed by atoms with E-state index >= 15 is 0 Å². The molecular weight excluding hydrogens is 366 g/mol. The lowest BCUT2D eigenvalue weighted by atomic mass is 10.3.